The minimum absolute atomic E-state index is 0.994. The fraction of sp³-hybridized carbons (Fsp3) is 0.831. The predicted octanol–water partition coefficient (Wildman–Crippen LogP) is 43.4. The van der Waals surface area contributed by atoms with E-state index in [1.54, 1.807) is 4.70 Å². The van der Waals surface area contributed by atoms with Crippen molar-refractivity contribution < 1.29 is 19.1 Å². The van der Waals surface area contributed by atoms with Crippen molar-refractivity contribution in [3.8, 4) is 0 Å². The Kier molecular flexibility index (Phi) is 90.0. The number of hydrogen-bond donors (Lipinski definition) is 0. The number of unbranched alkanes of at least 4 members (excludes halogenated alkanes) is 78. The molecule has 706 valence electrons. The first kappa shape index (κ1) is 115. The molecule has 2 nitrogen and oxygen atoms in total. The predicted molar refractivity (Wildman–Crippen MR) is 546 cm³/mol. The van der Waals surface area contributed by atoms with E-state index in [1.807, 2.05) is 0 Å². The smallest absolute Gasteiger partial charge is 0.0654 e. The molecule has 0 fully saturated rings. The summed E-state index contributed by atoms with van der Waals surface area (Å²) < 4.78 is 1.65. The summed E-state index contributed by atoms with van der Waals surface area (Å²) in [5.74, 6) is 0. The summed E-state index contributed by atoms with van der Waals surface area (Å²) in [7, 11) is 0. The average Bonchev–Trinajstić information content (AvgIpc) is 1.54. The normalized spacial score (nSPS) is 12.6. The number of rotatable bonds is 96. The molecule has 2 aromatic rings. The fourth-order valence-corrected chi connectivity index (χ4v) is 20.2. The molecule has 0 saturated carbocycles. The molecule has 0 saturated heterocycles. The number of allylic oxidation sites excluding steroid dienone is 6. The van der Waals surface area contributed by atoms with E-state index in [9.17, 15) is 5.53 Å². The first-order valence-electron chi connectivity index (χ1n) is 56.0. The summed E-state index contributed by atoms with van der Waals surface area (Å²) in [6.45, 7) is 13.8. The number of benzene rings is 2. The van der Waals surface area contributed by atoms with E-state index in [1.165, 1.54) is 571 Å². The second-order valence-corrected chi connectivity index (χ2v) is 40.2. The van der Waals surface area contributed by atoms with Crippen LogP contribution in [0.15, 0.2) is 84.0 Å². The van der Waals surface area contributed by atoms with E-state index in [4.69, 9.17) is 0 Å². The van der Waals surface area contributed by atoms with Gasteiger partial charge in [0.1, 0.15) is 0 Å². The van der Waals surface area contributed by atoms with Gasteiger partial charge in [-0.05, 0) is 100 Å². The van der Waals surface area contributed by atoms with Gasteiger partial charge in [-0.3, -0.25) is 0 Å². The van der Waals surface area contributed by atoms with Crippen LogP contribution in [-0.4, -0.2) is 4.70 Å². The molecular weight excluding hydrogens is 1500 g/mol. The number of nitrogens with zero attached hydrogens (tertiary/aromatic N) is 2. The zero-order valence-electron chi connectivity index (χ0n) is 83.2. The molecule has 1 aliphatic rings. The Balaban J connectivity index is 0.000000836. The van der Waals surface area contributed by atoms with Crippen LogP contribution in [0.25, 0.3) is 16.9 Å². The van der Waals surface area contributed by atoms with Crippen LogP contribution in [0.4, 0.5) is 0 Å². The van der Waals surface area contributed by atoms with Gasteiger partial charge < -0.3 is 5.53 Å². The van der Waals surface area contributed by atoms with E-state index < -0.39 is 0 Å². The van der Waals surface area contributed by atoms with Crippen LogP contribution in [0.2, 0.25) is 10.8 Å². The van der Waals surface area contributed by atoms with Crippen LogP contribution >= 0.6 is 0 Å². The van der Waals surface area contributed by atoms with Crippen LogP contribution in [0.3, 0.4) is 0 Å². The third-order valence-corrected chi connectivity index (χ3v) is 28.5. The molecule has 0 bridgehead atoms. The van der Waals surface area contributed by atoms with Crippen molar-refractivity contribution in [1.29, 1.82) is 0 Å². The van der Waals surface area contributed by atoms with Crippen molar-refractivity contribution in [1.82, 2.24) is 0 Å². The van der Waals surface area contributed by atoms with E-state index in [0.717, 1.165) is 62.8 Å². The molecule has 0 amide bonds. The summed E-state index contributed by atoms with van der Waals surface area (Å²) >= 11 is 2.05. The van der Waals surface area contributed by atoms with Crippen molar-refractivity contribution in [3.63, 3.8) is 0 Å². The molecule has 3 rings (SSSR count). The summed E-state index contributed by atoms with van der Waals surface area (Å²) in [5.41, 5.74) is 22.6. The van der Waals surface area contributed by atoms with E-state index in [-0.39, 0.29) is 0 Å². The van der Waals surface area contributed by atoms with Crippen molar-refractivity contribution in [2.24, 2.45) is 0 Å². The summed E-state index contributed by atoms with van der Waals surface area (Å²) in [6, 6.07) is 18.0. The van der Waals surface area contributed by atoms with Gasteiger partial charge in [-0.1, -0.05) is 462 Å². The van der Waals surface area contributed by atoms with Crippen LogP contribution in [0.5, 0.6) is 0 Å². The zero-order valence-corrected chi connectivity index (χ0v) is 84.2. The molecule has 0 N–H and O–H groups in total. The minimum Gasteiger partial charge on any atom is -0.0654 e. The van der Waals surface area contributed by atoms with Crippen molar-refractivity contribution in [3.05, 3.63) is 112 Å². The quantitative estimate of drug-likeness (QED) is 0.0273. The Morgan fingerprint density at radius 3 is 0.612 bits per heavy atom. The summed E-state index contributed by atoms with van der Waals surface area (Å²) in [4.78, 5) is 0. The fourth-order valence-electron chi connectivity index (χ4n) is 18.9. The van der Waals surface area contributed by atoms with Gasteiger partial charge in [0, 0.05) is 22.3 Å². The molecule has 0 radical (unpaired) electrons. The molecule has 3 heteroatoms. The van der Waals surface area contributed by atoms with Gasteiger partial charge in [0.25, 0.3) is 0 Å². The van der Waals surface area contributed by atoms with Gasteiger partial charge >= 0.3 is 166 Å². The van der Waals surface area contributed by atoms with E-state index in [0.29, 0.717) is 0 Å². The monoisotopic (exact) mass is 1720 g/mol. The maximum absolute atomic E-state index is 12.6. The van der Waals surface area contributed by atoms with Gasteiger partial charge in [0.05, 0.1) is 0 Å². The SMILES string of the molecule is CCCCCCCCCCCCCCC=CCCc1ccccc1C1=C(CCCC)C(CCCCCCCC)=C(c2ccccc2CCC=CCCCCCCCCCCCCCC)[N+]1=[N-].CCCCCCCCCCCCCCCCCCCCCCCCCC[CH2][Ni][CH2]CCCCCCCCCCCCCCCCCCCCCCCCCC. The zero-order chi connectivity index (χ0) is 86.4. The van der Waals surface area contributed by atoms with Crippen LogP contribution in [0, 0.1) is 0 Å². The Morgan fingerprint density at radius 1 is 0.198 bits per heavy atom. The Labute approximate surface area is 767 Å². The number of aryl methyl sites for hydroxylation is 2. The Hall–Kier alpha value is -2.51. The van der Waals surface area contributed by atoms with Crippen LogP contribution in [0.1, 0.15) is 629 Å². The first-order chi connectivity index (χ1) is 60.1. The molecule has 0 unspecified atom stereocenters. The number of hydrogen-bond acceptors (Lipinski definition) is 0. The molecule has 0 atom stereocenters. The van der Waals surface area contributed by atoms with E-state index >= 15 is 0 Å². The Morgan fingerprint density at radius 2 is 0.380 bits per heavy atom. The van der Waals surface area contributed by atoms with Gasteiger partial charge in [0.2, 0.25) is 11.4 Å². The van der Waals surface area contributed by atoms with Gasteiger partial charge in [0.15, 0.2) is 0 Å². The van der Waals surface area contributed by atoms with E-state index in [2.05, 4.69) is 129 Å². The van der Waals surface area contributed by atoms with Crippen molar-refractivity contribution in [2.45, 2.75) is 630 Å². The van der Waals surface area contributed by atoms with Gasteiger partial charge in [-0.2, -0.15) is 0 Å². The maximum atomic E-state index is 12.6. The Bertz CT molecular complexity index is 2510. The minimum atomic E-state index is 0.994. The second-order valence-electron chi connectivity index (χ2n) is 38.7. The molecule has 1 heterocycles. The molecular formula is C118H214N2Ni. The molecule has 2 aromatic carbocycles. The van der Waals surface area contributed by atoms with Gasteiger partial charge in [-0.15, -0.1) is 0 Å². The molecule has 0 aliphatic carbocycles. The topological polar surface area (TPSA) is 25.3 Å². The van der Waals surface area contributed by atoms with Crippen molar-refractivity contribution >= 4 is 11.4 Å². The summed E-state index contributed by atoms with van der Waals surface area (Å²) in [6.07, 6.45) is 136. The average molecular weight is 1720 g/mol. The second kappa shape index (κ2) is 95.1. The molecule has 0 spiro atoms. The van der Waals surface area contributed by atoms with Gasteiger partial charge in [-0.25, -0.2) is 4.70 Å². The third kappa shape index (κ3) is 72.0. The third-order valence-electron chi connectivity index (χ3n) is 27.1. The molecule has 1 aliphatic heterocycles. The molecule has 0 aromatic heterocycles. The first-order valence-corrected chi connectivity index (χ1v) is 57.4. The van der Waals surface area contributed by atoms with Crippen LogP contribution < -0.4 is 0 Å². The standard InChI is InChI=1S/C64H104N2.2C27H55.Ni/c1-5-9-13-16-19-21-23-25-27-29-31-33-35-37-39-42-49-57-51-45-47-54-59(57)63-61(53-12-8-4)62(56-44-41-18-15-11-7-3)64(66(63)65)60-55-48-46-52-58(60)50-43-40-38-36-34-32-30-28-26-24-22-20-17-14-10-6-2;2*1-3-5-7-9-11-13-15-17-19-21-23-25-27-26-24-22-20-18-16-14-12-10-8-6-4-2;/h37-40,45-48,51-52,54-55H,5-36,41-44,49-50,53,56H2,1-4H3;2*1,3-27H2,2H3;. The van der Waals surface area contributed by atoms with Crippen molar-refractivity contribution in [2.75, 3.05) is 0 Å². The van der Waals surface area contributed by atoms with Crippen LogP contribution in [-0.2, 0) is 27.3 Å². The summed E-state index contributed by atoms with van der Waals surface area (Å²) in [5, 5.41) is 2.87. The molecule has 121 heavy (non-hydrogen) atoms.